The summed E-state index contributed by atoms with van der Waals surface area (Å²) in [5.41, 5.74) is 2.75. The Morgan fingerprint density at radius 3 is 2.50 bits per heavy atom. The maximum absolute atomic E-state index is 10.8. The molecule has 3 heteroatoms. The van der Waals surface area contributed by atoms with Crippen LogP contribution in [0.1, 0.15) is 31.9 Å². The number of aryl methyl sites for hydroxylation is 1. The van der Waals surface area contributed by atoms with Gasteiger partial charge in [0.1, 0.15) is 0 Å². The molecule has 1 aromatic carbocycles. The summed E-state index contributed by atoms with van der Waals surface area (Å²) in [5.74, 6) is -0.803. The minimum absolute atomic E-state index is 0.0556. The maximum atomic E-state index is 10.8. The molecule has 16 heavy (non-hydrogen) atoms. The van der Waals surface area contributed by atoms with E-state index in [1.54, 1.807) is 0 Å². The van der Waals surface area contributed by atoms with Crippen LogP contribution in [0.2, 0.25) is 0 Å². The summed E-state index contributed by atoms with van der Waals surface area (Å²) < 4.78 is 0. The Balaban J connectivity index is 3.02. The number of carbonyl (C=O) groups is 1. The first kappa shape index (κ1) is 12.6. The number of aliphatic carboxylic acids is 1. The average molecular weight is 221 g/mol. The molecule has 0 radical (unpaired) electrons. The lowest BCUT2D eigenvalue weighted by Crippen LogP contribution is -2.27. The highest BCUT2D eigenvalue weighted by molar-refractivity contribution is 5.73. The number of rotatable bonds is 3. The molecule has 2 N–H and O–H groups in total. The quantitative estimate of drug-likeness (QED) is 0.825. The van der Waals surface area contributed by atoms with Crippen molar-refractivity contribution in [3.05, 3.63) is 29.3 Å². The van der Waals surface area contributed by atoms with Crippen LogP contribution in [0.3, 0.4) is 0 Å². The zero-order valence-electron chi connectivity index (χ0n) is 10.3. The third kappa shape index (κ3) is 3.93. The van der Waals surface area contributed by atoms with Gasteiger partial charge in [0, 0.05) is 11.2 Å². The van der Waals surface area contributed by atoms with Crippen molar-refractivity contribution in [2.24, 2.45) is 0 Å². The summed E-state index contributed by atoms with van der Waals surface area (Å²) in [7, 11) is 0. The lowest BCUT2D eigenvalue weighted by atomic mass is 10.0. The summed E-state index contributed by atoms with van der Waals surface area (Å²) in [6.07, 6.45) is 0.0556. The van der Waals surface area contributed by atoms with Gasteiger partial charge in [-0.3, -0.25) is 4.79 Å². The molecule has 0 spiro atoms. The largest absolute Gasteiger partial charge is 0.481 e. The minimum atomic E-state index is -0.803. The summed E-state index contributed by atoms with van der Waals surface area (Å²) in [5, 5.41) is 12.2. The van der Waals surface area contributed by atoms with Gasteiger partial charge in [-0.25, -0.2) is 0 Å². The first-order valence-electron chi connectivity index (χ1n) is 5.37. The predicted octanol–water partition coefficient (Wildman–Crippen LogP) is 2.83. The van der Waals surface area contributed by atoms with Gasteiger partial charge in [0.25, 0.3) is 0 Å². The molecule has 0 saturated heterocycles. The molecular weight excluding hydrogens is 202 g/mol. The van der Waals surface area contributed by atoms with Gasteiger partial charge in [-0.2, -0.15) is 0 Å². The highest BCUT2D eigenvalue weighted by Crippen LogP contribution is 2.21. The molecule has 0 amide bonds. The minimum Gasteiger partial charge on any atom is -0.481 e. The number of benzene rings is 1. The molecule has 0 aliphatic heterocycles. The Kier molecular flexibility index (Phi) is 3.58. The van der Waals surface area contributed by atoms with E-state index < -0.39 is 5.97 Å². The molecule has 0 bridgehead atoms. The van der Waals surface area contributed by atoms with Crippen LogP contribution in [0.4, 0.5) is 5.69 Å². The fourth-order valence-corrected chi connectivity index (χ4v) is 1.56. The van der Waals surface area contributed by atoms with Crippen LogP contribution in [-0.4, -0.2) is 16.6 Å². The van der Waals surface area contributed by atoms with Crippen molar-refractivity contribution in [3.8, 4) is 0 Å². The van der Waals surface area contributed by atoms with E-state index in [1.807, 2.05) is 25.1 Å². The highest BCUT2D eigenvalue weighted by atomic mass is 16.4. The Morgan fingerprint density at radius 1 is 1.38 bits per heavy atom. The van der Waals surface area contributed by atoms with Crippen molar-refractivity contribution >= 4 is 11.7 Å². The molecule has 0 aromatic heterocycles. The van der Waals surface area contributed by atoms with Gasteiger partial charge < -0.3 is 10.4 Å². The van der Waals surface area contributed by atoms with E-state index >= 15 is 0 Å². The summed E-state index contributed by atoms with van der Waals surface area (Å²) >= 11 is 0. The van der Waals surface area contributed by atoms with Gasteiger partial charge in [-0.05, 0) is 39.3 Å². The second kappa shape index (κ2) is 4.56. The lowest BCUT2D eigenvalue weighted by Gasteiger charge is -2.24. The highest BCUT2D eigenvalue weighted by Gasteiger charge is 2.13. The fraction of sp³-hybridized carbons (Fsp3) is 0.462. The number of nitrogens with one attached hydrogen (secondary N) is 1. The van der Waals surface area contributed by atoms with Gasteiger partial charge in [-0.15, -0.1) is 0 Å². The molecule has 0 saturated carbocycles. The van der Waals surface area contributed by atoms with Crippen LogP contribution in [0, 0.1) is 6.92 Å². The van der Waals surface area contributed by atoms with Crippen LogP contribution in [0.15, 0.2) is 18.2 Å². The number of hydrogen-bond acceptors (Lipinski definition) is 2. The summed E-state index contributed by atoms with van der Waals surface area (Å²) in [6.45, 7) is 8.12. The molecule has 0 heterocycles. The Hall–Kier alpha value is -1.51. The zero-order chi connectivity index (χ0) is 12.3. The van der Waals surface area contributed by atoms with Crippen molar-refractivity contribution in [1.82, 2.24) is 0 Å². The van der Waals surface area contributed by atoms with Crippen LogP contribution < -0.4 is 5.32 Å². The van der Waals surface area contributed by atoms with Crippen molar-refractivity contribution in [2.75, 3.05) is 5.32 Å². The van der Waals surface area contributed by atoms with Crippen molar-refractivity contribution < 1.29 is 9.90 Å². The molecule has 0 unspecified atom stereocenters. The molecule has 0 aliphatic carbocycles. The van der Waals surface area contributed by atoms with E-state index in [1.165, 1.54) is 0 Å². The van der Waals surface area contributed by atoms with E-state index in [9.17, 15) is 4.79 Å². The van der Waals surface area contributed by atoms with E-state index in [0.29, 0.717) is 0 Å². The molecular formula is C13H19NO2. The van der Waals surface area contributed by atoms with E-state index in [2.05, 4.69) is 26.1 Å². The van der Waals surface area contributed by atoms with E-state index in [4.69, 9.17) is 5.11 Å². The number of carboxylic acid groups (broad SMARTS) is 1. The molecule has 0 fully saturated rings. The smallest absolute Gasteiger partial charge is 0.307 e. The Morgan fingerprint density at radius 2 is 2.00 bits per heavy atom. The second-order valence-electron chi connectivity index (χ2n) is 5.11. The fourth-order valence-electron chi connectivity index (χ4n) is 1.56. The van der Waals surface area contributed by atoms with Gasteiger partial charge in [0.05, 0.1) is 6.42 Å². The topological polar surface area (TPSA) is 49.3 Å². The van der Waals surface area contributed by atoms with Crippen molar-refractivity contribution in [2.45, 2.75) is 39.7 Å². The Bertz CT molecular complexity index is 391. The SMILES string of the molecule is Cc1ccc(NC(C)(C)C)c(CC(=O)O)c1. The molecule has 3 nitrogen and oxygen atoms in total. The Labute approximate surface area is 96.5 Å². The van der Waals surface area contributed by atoms with Crippen LogP contribution in [0.25, 0.3) is 0 Å². The monoisotopic (exact) mass is 221 g/mol. The van der Waals surface area contributed by atoms with Crippen molar-refractivity contribution in [1.29, 1.82) is 0 Å². The predicted molar refractivity (Wildman–Crippen MR) is 65.9 cm³/mol. The number of hydrogen-bond donors (Lipinski definition) is 2. The standard InChI is InChI=1S/C13H19NO2/c1-9-5-6-11(14-13(2,3)4)10(7-9)8-12(15)16/h5-7,14H,8H2,1-4H3,(H,15,16). The first-order chi connectivity index (χ1) is 7.28. The number of carboxylic acids is 1. The van der Waals surface area contributed by atoms with Gasteiger partial charge in [-0.1, -0.05) is 17.7 Å². The van der Waals surface area contributed by atoms with Gasteiger partial charge in [0.15, 0.2) is 0 Å². The number of anilines is 1. The zero-order valence-corrected chi connectivity index (χ0v) is 10.3. The summed E-state index contributed by atoms with van der Waals surface area (Å²) in [6, 6.07) is 5.85. The maximum Gasteiger partial charge on any atom is 0.307 e. The molecule has 88 valence electrons. The van der Waals surface area contributed by atoms with Crippen LogP contribution >= 0.6 is 0 Å². The second-order valence-corrected chi connectivity index (χ2v) is 5.11. The third-order valence-electron chi connectivity index (χ3n) is 2.11. The molecule has 0 aliphatic rings. The normalized spacial score (nSPS) is 11.2. The van der Waals surface area contributed by atoms with E-state index in [-0.39, 0.29) is 12.0 Å². The van der Waals surface area contributed by atoms with Crippen LogP contribution in [0.5, 0.6) is 0 Å². The van der Waals surface area contributed by atoms with E-state index in [0.717, 1.165) is 16.8 Å². The molecule has 1 aromatic rings. The lowest BCUT2D eigenvalue weighted by molar-refractivity contribution is -0.136. The third-order valence-corrected chi connectivity index (χ3v) is 2.11. The van der Waals surface area contributed by atoms with Crippen LogP contribution in [-0.2, 0) is 11.2 Å². The van der Waals surface area contributed by atoms with Crippen molar-refractivity contribution in [3.63, 3.8) is 0 Å². The summed E-state index contributed by atoms with van der Waals surface area (Å²) in [4.78, 5) is 10.8. The average Bonchev–Trinajstić information content (AvgIpc) is 2.06. The first-order valence-corrected chi connectivity index (χ1v) is 5.37. The molecule has 0 atom stereocenters. The molecule has 1 rings (SSSR count). The van der Waals surface area contributed by atoms with Gasteiger partial charge >= 0.3 is 5.97 Å². The van der Waals surface area contributed by atoms with Gasteiger partial charge in [0.2, 0.25) is 0 Å².